The zero-order valence-electron chi connectivity index (χ0n) is 9.90. The summed E-state index contributed by atoms with van der Waals surface area (Å²) in [5.41, 5.74) is 3.50. The molecule has 0 spiro atoms. The lowest BCUT2D eigenvalue weighted by atomic mass is 10.0. The Balaban J connectivity index is 2.15. The molecule has 2 rings (SSSR count). The van der Waals surface area contributed by atoms with Crippen molar-refractivity contribution in [2.75, 3.05) is 0 Å². The lowest BCUT2D eigenvalue weighted by molar-refractivity contribution is 0.150. The molecule has 3 heteroatoms. The molecule has 0 saturated heterocycles. The van der Waals surface area contributed by atoms with Crippen LogP contribution in [0, 0.1) is 13.8 Å². The molecule has 0 aliphatic rings. The summed E-state index contributed by atoms with van der Waals surface area (Å²) in [6, 6.07) is 9.60. The van der Waals surface area contributed by atoms with Crippen molar-refractivity contribution in [2.24, 2.45) is 0 Å². The molecule has 2 nitrogen and oxygen atoms in total. The summed E-state index contributed by atoms with van der Waals surface area (Å²) < 4.78 is 5.19. The number of rotatable bonds is 3. The van der Waals surface area contributed by atoms with Crippen LogP contribution in [-0.4, -0.2) is 5.11 Å². The average Bonchev–Trinajstić information content (AvgIpc) is 2.63. The molecule has 1 unspecified atom stereocenters. The third kappa shape index (κ3) is 3.11. The molecule has 90 valence electrons. The largest absolute Gasteiger partial charge is 0.447 e. The molecule has 17 heavy (non-hydrogen) atoms. The molecule has 0 aliphatic carbocycles. The van der Waals surface area contributed by atoms with Crippen molar-refractivity contribution in [2.45, 2.75) is 26.4 Å². The highest BCUT2D eigenvalue weighted by Gasteiger charge is 2.13. The van der Waals surface area contributed by atoms with E-state index in [1.165, 1.54) is 11.1 Å². The molecule has 2 aromatic rings. The van der Waals surface area contributed by atoms with E-state index in [2.05, 4.69) is 18.2 Å². The normalized spacial score (nSPS) is 12.7. The first-order valence-corrected chi connectivity index (χ1v) is 5.93. The van der Waals surface area contributed by atoms with Crippen LogP contribution < -0.4 is 0 Å². The number of aliphatic hydroxyl groups is 1. The summed E-state index contributed by atoms with van der Waals surface area (Å²) in [5.74, 6) is 0.508. The molecule has 0 bridgehead atoms. The second-order valence-corrected chi connectivity index (χ2v) is 4.73. The van der Waals surface area contributed by atoms with E-state index in [1.54, 1.807) is 12.1 Å². The van der Waals surface area contributed by atoms with Gasteiger partial charge in [0.25, 0.3) is 0 Å². The second kappa shape index (κ2) is 4.94. The average molecular weight is 251 g/mol. The van der Waals surface area contributed by atoms with Gasteiger partial charge in [-0.25, -0.2) is 0 Å². The standard InChI is InChI=1S/C14H15ClO2/c1-9-5-10(2)7-11(6-9)8-12(16)13-3-4-14(15)17-13/h3-7,12,16H,8H2,1-2H3. The lowest BCUT2D eigenvalue weighted by Gasteiger charge is -2.09. The van der Waals surface area contributed by atoms with E-state index >= 15 is 0 Å². The maximum atomic E-state index is 10.0. The topological polar surface area (TPSA) is 33.4 Å². The number of furan rings is 1. The Hall–Kier alpha value is -1.25. The number of aryl methyl sites for hydroxylation is 2. The molecule has 1 heterocycles. The van der Waals surface area contributed by atoms with E-state index < -0.39 is 6.10 Å². The van der Waals surface area contributed by atoms with Crippen LogP contribution in [-0.2, 0) is 6.42 Å². The van der Waals surface area contributed by atoms with Gasteiger partial charge in [-0.05, 0) is 43.1 Å². The fraction of sp³-hybridized carbons (Fsp3) is 0.286. The minimum atomic E-state index is -0.649. The highest BCUT2D eigenvalue weighted by Crippen LogP contribution is 2.23. The summed E-state index contributed by atoms with van der Waals surface area (Å²) in [5, 5.41) is 10.3. The summed E-state index contributed by atoms with van der Waals surface area (Å²) in [7, 11) is 0. The van der Waals surface area contributed by atoms with Gasteiger partial charge in [0.05, 0.1) is 0 Å². The van der Waals surface area contributed by atoms with E-state index in [0.717, 1.165) is 5.56 Å². The number of aliphatic hydroxyl groups excluding tert-OH is 1. The third-order valence-corrected chi connectivity index (χ3v) is 2.84. The van der Waals surface area contributed by atoms with E-state index in [-0.39, 0.29) is 0 Å². The van der Waals surface area contributed by atoms with Crippen molar-refractivity contribution in [1.29, 1.82) is 0 Å². The third-order valence-electron chi connectivity index (χ3n) is 2.63. The van der Waals surface area contributed by atoms with E-state index in [4.69, 9.17) is 16.0 Å². The molecule has 0 saturated carbocycles. The number of benzene rings is 1. The van der Waals surface area contributed by atoms with E-state index in [0.29, 0.717) is 17.4 Å². The Bertz CT molecular complexity index is 496. The second-order valence-electron chi connectivity index (χ2n) is 4.36. The van der Waals surface area contributed by atoms with Gasteiger partial charge < -0.3 is 9.52 Å². The maximum Gasteiger partial charge on any atom is 0.193 e. The monoisotopic (exact) mass is 250 g/mol. The van der Waals surface area contributed by atoms with Crippen molar-refractivity contribution < 1.29 is 9.52 Å². The molecule has 1 aromatic heterocycles. The molecule has 0 aliphatic heterocycles. The zero-order valence-corrected chi connectivity index (χ0v) is 10.7. The van der Waals surface area contributed by atoms with Crippen molar-refractivity contribution in [3.8, 4) is 0 Å². The van der Waals surface area contributed by atoms with Gasteiger partial charge >= 0.3 is 0 Å². The van der Waals surface area contributed by atoms with Crippen LogP contribution in [0.25, 0.3) is 0 Å². The molecule has 0 amide bonds. The van der Waals surface area contributed by atoms with Crippen LogP contribution in [0.4, 0.5) is 0 Å². The molecular formula is C14H15ClO2. The fourth-order valence-electron chi connectivity index (χ4n) is 2.02. The number of hydrogen-bond acceptors (Lipinski definition) is 2. The van der Waals surface area contributed by atoms with Crippen LogP contribution >= 0.6 is 11.6 Å². The highest BCUT2D eigenvalue weighted by atomic mass is 35.5. The fourth-order valence-corrected chi connectivity index (χ4v) is 2.17. The number of hydrogen-bond donors (Lipinski definition) is 1. The van der Waals surface area contributed by atoms with Gasteiger partial charge in [0.2, 0.25) is 0 Å². The van der Waals surface area contributed by atoms with Gasteiger partial charge in [0.1, 0.15) is 11.9 Å². The molecule has 0 radical (unpaired) electrons. The Morgan fingerprint density at radius 1 is 1.18 bits per heavy atom. The van der Waals surface area contributed by atoms with Gasteiger partial charge in [-0.15, -0.1) is 0 Å². The van der Waals surface area contributed by atoms with Crippen molar-refractivity contribution in [3.05, 3.63) is 58.0 Å². The number of halogens is 1. The Morgan fingerprint density at radius 2 is 1.82 bits per heavy atom. The minimum absolute atomic E-state index is 0.305. The minimum Gasteiger partial charge on any atom is -0.447 e. The van der Waals surface area contributed by atoms with Crippen molar-refractivity contribution >= 4 is 11.6 Å². The van der Waals surface area contributed by atoms with Crippen LogP contribution in [0.1, 0.15) is 28.6 Å². The molecule has 1 atom stereocenters. The van der Waals surface area contributed by atoms with Crippen LogP contribution in [0.2, 0.25) is 5.22 Å². The van der Waals surface area contributed by atoms with Gasteiger partial charge in [-0.3, -0.25) is 0 Å². The Labute approximate surface area is 106 Å². The lowest BCUT2D eigenvalue weighted by Crippen LogP contribution is -2.01. The zero-order chi connectivity index (χ0) is 12.4. The smallest absolute Gasteiger partial charge is 0.193 e. The van der Waals surface area contributed by atoms with Crippen LogP contribution in [0.3, 0.4) is 0 Å². The van der Waals surface area contributed by atoms with Crippen LogP contribution in [0.5, 0.6) is 0 Å². The molecular weight excluding hydrogens is 236 g/mol. The first kappa shape index (κ1) is 12.2. The van der Waals surface area contributed by atoms with Gasteiger partial charge in [0, 0.05) is 6.42 Å². The SMILES string of the molecule is Cc1cc(C)cc(CC(O)c2ccc(Cl)o2)c1. The van der Waals surface area contributed by atoms with Crippen molar-refractivity contribution in [1.82, 2.24) is 0 Å². The first-order valence-electron chi connectivity index (χ1n) is 5.55. The maximum absolute atomic E-state index is 10.0. The van der Waals surface area contributed by atoms with E-state index in [9.17, 15) is 5.11 Å². The van der Waals surface area contributed by atoms with Gasteiger partial charge in [0.15, 0.2) is 5.22 Å². The van der Waals surface area contributed by atoms with Crippen LogP contribution in [0.15, 0.2) is 34.7 Å². The van der Waals surface area contributed by atoms with E-state index in [1.807, 2.05) is 13.8 Å². The Kier molecular flexibility index (Phi) is 3.55. The molecule has 1 N–H and O–H groups in total. The summed E-state index contributed by atoms with van der Waals surface area (Å²) in [6.45, 7) is 4.10. The highest BCUT2D eigenvalue weighted by molar-refractivity contribution is 6.28. The molecule has 1 aromatic carbocycles. The Morgan fingerprint density at radius 3 is 2.35 bits per heavy atom. The first-order chi connectivity index (χ1) is 8.04. The van der Waals surface area contributed by atoms with Gasteiger partial charge in [-0.1, -0.05) is 29.3 Å². The summed E-state index contributed by atoms with van der Waals surface area (Å²) >= 11 is 5.68. The predicted octanol–water partition coefficient (Wildman–Crippen LogP) is 3.83. The summed E-state index contributed by atoms with van der Waals surface area (Å²) in [6.07, 6.45) is -0.115. The molecule has 0 fully saturated rings. The predicted molar refractivity (Wildman–Crippen MR) is 68.3 cm³/mol. The summed E-state index contributed by atoms with van der Waals surface area (Å²) in [4.78, 5) is 0. The quantitative estimate of drug-likeness (QED) is 0.898. The van der Waals surface area contributed by atoms with Crippen molar-refractivity contribution in [3.63, 3.8) is 0 Å². The van der Waals surface area contributed by atoms with Gasteiger partial charge in [-0.2, -0.15) is 0 Å².